The molecule has 0 atom stereocenters. The summed E-state index contributed by atoms with van der Waals surface area (Å²) < 4.78 is 0. The molecule has 2 aromatic carbocycles. The third-order valence-electron chi connectivity index (χ3n) is 4.21. The van der Waals surface area contributed by atoms with Gasteiger partial charge in [0.05, 0.1) is 6.54 Å². The first-order chi connectivity index (χ1) is 11.5. The molecule has 0 bridgehead atoms. The second-order valence-corrected chi connectivity index (χ2v) is 6.45. The van der Waals surface area contributed by atoms with Crippen molar-refractivity contribution in [3.63, 3.8) is 0 Å². The molecule has 0 unspecified atom stereocenters. The lowest BCUT2D eigenvalue weighted by Crippen LogP contribution is -2.32. The number of aryl methyl sites for hydroxylation is 1. The van der Waals surface area contributed by atoms with E-state index in [-0.39, 0.29) is 6.54 Å². The Labute approximate surface area is 146 Å². The maximum atomic E-state index is 11.0. The summed E-state index contributed by atoms with van der Waals surface area (Å²) in [6, 6.07) is 13.0. The van der Waals surface area contributed by atoms with Crippen LogP contribution < -0.4 is 10.6 Å². The van der Waals surface area contributed by atoms with Crippen LogP contribution in [0.3, 0.4) is 0 Å². The highest BCUT2D eigenvalue weighted by molar-refractivity contribution is 6.30. The summed E-state index contributed by atoms with van der Waals surface area (Å²) in [6.07, 6.45) is 2.05. The number of fused-ring (bicyclic) bond motifs is 1. The number of carbonyl (C=O) groups excluding carboxylic acids is 1. The van der Waals surface area contributed by atoms with Gasteiger partial charge in [0, 0.05) is 23.8 Å². The Bertz CT molecular complexity index is 751. The zero-order valence-corrected chi connectivity index (χ0v) is 14.0. The van der Waals surface area contributed by atoms with E-state index in [4.69, 9.17) is 17.3 Å². The van der Waals surface area contributed by atoms with Crippen molar-refractivity contribution >= 4 is 23.3 Å². The number of urea groups is 1. The van der Waals surface area contributed by atoms with Crippen molar-refractivity contribution in [2.24, 2.45) is 5.73 Å². The SMILES string of the molecule is NC(=O)N(O)Cc1ccc2c(c1)CCCN2Cc1cccc(Cl)c1. The van der Waals surface area contributed by atoms with Crippen molar-refractivity contribution in [1.82, 2.24) is 5.06 Å². The number of hydrogen-bond donors (Lipinski definition) is 2. The number of hydrogen-bond acceptors (Lipinski definition) is 3. The number of benzene rings is 2. The van der Waals surface area contributed by atoms with Gasteiger partial charge in [-0.2, -0.15) is 0 Å². The first-order valence-corrected chi connectivity index (χ1v) is 8.28. The van der Waals surface area contributed by atoms with Crippen LogP contribution in [0.1, 0.15) is 23.1 Å². The van der Waals surface area contributed by atoms with Crippen molar-refractivity contribution in [3.05, 3.63) is 64.2 Å². The first-order valence-electron chi connectivity index (χ1n) is 7.90. The average molecular weight is 346 g/mol. The summed E-state index contributed by atoms with van der Waals surface area (Å²) >= 11 is 6.07. The van der Waals surface area contributed by atoms with E-state index in [2.05, 4.69) is 11.0 Å². The third-order valence-corrected chi connectivity index (χ3v) is 4.44. The lowest BCUT2D eigenvalue weighted by atomic mass is 9.98. The Morgan fingerprint density at radius 1 is 1.25 bits per heavy atom. The van der Waals surface area contributed by atoms with E-state index in [1.807, 2.05) is 36.4 Å². The van der Waals surface area contributed by atoms with Crippen LogP contribution in [0.15, 0.2) is 42.5 Å². The zero-order valence-electron chi connectivity index (χ0n) is 13.3. The smallest absolute Gasteiger partial charge is 0.338 e. The van der Waals surface area contributed by atoms with Crippen molar-refractivity contribution in [3.8, 4) is 0 Å². The van der Waals surface area contributed by atoms with E-state index in [0.717, 1.165) is 36.5 Å². The fourth-order valence-corrected chi connectivity index (χ4v) is 3.31. The van der Waals surface area contributed by atoms with Gasteiger partial charge in [0.1, 0.15) is 0 Å². The molecule has 1 aliphatic heterocycles. The highest BCUT2D eigenvalue weighted by atomic mass is 35.5. The van der Waals surface area contributed by atoms with Crippen LogP contribution in [-0.4, -0.2) is 22.8 Å². The molecule has 5 nitrogen and oxygen atoms in total. The zero-order chi connectivity index (χ0) is 17.1. The van der Waals surface area contributed by atoms with Gasteiger partial charge in [-0.15, -0.1) is 0 Å². The normalized spacial score (nSPS) is 13.5. The summed E-state index contributed by atoms with van der Waals surface area (Å²) in [5, 5.41) is 10.8. The predicted octanol–water partition coefficient (Wildman–Crippen LogP) is 3.56. The minimum atomic E-state index is -0.852. The highest BCUT2D eigenvalue weighted by Crippen LogP contribution is 2.30. The van der Waals surface area contributed by atoms with Crippen LogP contribution in [0, 0.1) is 0 Å². The number of halogens is 1. The van der Waals surface area contributed by atoms with Crippen molar-refractivity contribution in [2.45, 2.75) is 25.9 Å². The number of carbonyl (C=O) groups is 1. The minimum absolute atomic E-state index is 0.0942. The molecule has 1 heterocycles. The molecule has 0 fully saturated rings. The Morgan fingerprint density at radius 3 is 2.83 bits per heavy atom. The molecule has 0 spiro atoms. The number of rotatable bonds is 4. The standard InChI is InChI=1S/C18H20ClN3O2/c19-16-5-1-3-13(10-16)11-21-8-2-4-15-9-14(6-7-17(15)21)12-22(24)18(20)23/h1,3,5-7,9-10,24H,2,4,8,11-12H2,(H2,20,23). The molecule has 3 rings (SSSR count). The van der Waals surface area contributed by atoms with Crippen LogP contribution in [0.25, 0.3) is 0 Å². The molecular weight excluding hydrogens is 326 g/mol. The van der Waals surface area contributed by atoms with E-state index >= 15 is 0 Å². The van der Waals surface area contributed by atoms with Crippen LogP contribution in [0.2, 0.25) is 5.02 Å². The van der Waals surface area contributed by atoms with Crippen LogP contribution in [0.5, 0.6) is 0 Å². The second kappa shape index (κ2) is 7.11. The van der Waals surface area contributed by atoms with Crippen LogP contribution in [-0.2, 0) is 19.5 Å². The molecule has 0 aliphatic carbocycles. The van der Waals surface area contributed by atoms with Gasteiger partial charge in [-0.3, -0.25) is 5.21 Å². The number of primary amides is 1. The third kappa shape index (κ3) is 3.80. The molecular formula is C18H20ClN3O2. The van der Waals surface area contributed by atoms with Crippen molar-refractivity contribution < 1.29 is 10.0 Å². The fourth-order valence-electron chi connectivity index (χ4n) is 3.10. The largest absolute Gasteiger partial charge is 0.367 e. The molecule has 24 heavy (non-hydrogen) atoms. The maximum absolute atomic E-state index is 11.0. The quantitative estimate of drug-likeness (QED) is 0.657. The summed E-state index contributed by atoms with van der Waals surface area (Å²) in [5.41, 5.74) is 9.51. The molecule has 0 saturated heterocycles. The maximum Gasteiger partial charge on any atom is 0.338 e. The van der Waals surface area contributed by atoms with Crippen molar-refractivity contribution in [1.29, 1.82) is 0 Å². The van der Waals surface area contributed by atoms with Crippen LogP contribution >= 0.6 is 11.6 Å². The van der Waals surface area contributed by atoms with E-state index in [9.17, 15) is 10.0 Å². The van der Waals surface area contributed by atoms with Crippen LogP contribution in [0.4, 0.5) is 10.5 Å². The summed E-state index contributed by atoms with van der Waals surface area (Å²) in [4.78, 5) is 13.3. The van der Waals surface area contributed by atoms with E-state index < -0.39 is 6.03 Å². The van der Waals surface area contributed by atoms with Gasteiger partial charge in [-0.25, -0.2) is 9.86 Å². The van der Waals surface area contributed by atoms with Gasteiger partial charge in [0.2, 0.25) is 0 Å². The fraction of sp³-hybridized carbons (Fsp3) is 0.278. The highest BCUT2D eigenvalue weighted by Gasteiger charge is 2.18. The lowest BCUT2D eigenvalue weighted by molar-refractivity contribution is -0.0470. The molecule has 126 valence electrons. The first kappa shape index (κ1) is 16.6. The topological polar surface area (TPSA) is 69.8 Å². The van der Waals surface area contributed by atoms with Crippen molar-refractivity contribution in [2.75, 3.05) is 11.4 Å². The molecule has 1 aliphatic rings. The van der Waals surface area contributed by atoms with Gasteiger partial charge < -0.3 is 10.6 Å². The van der Waals surface area contributed by atoms with Gasteiger partial charge >= 0.3 is 6.03 Å². The molecule has 2 amide bonds. The molecule has 6 heteroatoms. The van der Waals surface area contributed by atoms with E-state index in [0.29, 0.717) is 5.06 Å². The van der Waals surface area contributed by atoms with Gasteiger partial charge in [0.15, 0.2) is 0 Å². The number of hydroxylamine groups is 2. The summed E-state index contributed by atoms with van der Waals surface area (Å²) in [6.45, 7) is 1.89. The molecule has 2 aromatic rings. The predicted molar refractivity (Wildman–Crippen MR) is 94.2 cm³/mol. The Kier molecular flexibility index (Phi) is 4.92. The molecule has 0 saturated carbocycles. The van der Waals surface area contributed by atoms with Gasteiger partial charge in [-0.05, 0) is 47.7 Å². The lowest BCUT2D eigenvalue weighted by Gasteiger charge is -2.32. The second-order valence-electron chi connectivity index (χ2n) is 6.01. The summed E-state index contributed by atoms with van der Waals surface area (Å²) in [7, 11) is 0. The molecule has 0 radical (unpaired) electrons. The van der Waals surface area contributed by atoms with Gasteiger partial charge in [0.25, 0.3) is 0 Å². The number of amides is 2. The van der Waals surface area contributed by atoms with E-state index in [1.54, 1.807) is 0 Å². The Hall–Kier alpha value is -2.24. The number of anilines is 1. The summed E-state index contributed by atoms with van der Waals surface area (Å²) in [5.74, 6) is 0. The molecule has 0 aromatic heterocycles. The monoisotopic (exact) mass is 345 g/mol. The minimum Gasteiger partial charge on any atom is -0.367 e. The average Bonchev–Trinajstić information content (AvgIpc) is 2.55. The van der Waals surface area contributed by atoms with Gasteiger partial charge in [-0.1, -0.05) is 35.9 Å². The Morgan fingerprint density at radius 2 is 2.08 bits per heavy atom. The number of nitrogens with zero attached hydrogens (tertiary/aromatic N) is 2. The number of nitrogens with two attached hydrogens (primary N) is 1. The molecule has 3 N–H and O–H groups in total. The van der Waals surface area contributed by atoms with E-state index in [1.165, 1.54) is 16.8 Å². The Balaban J connectivity index is 1.79.